The molecule has 4 rings (SSSR count). The summed E-state index contributed by atoms with van der Waals surface area (Å²) >= 11 is 6.51. The summed E-state index contributed by atoms with van der Waals surface area (Å²) in [5.74, 6) is -0.643. The molecular weight excluding hydrogens is 533 g/mol. The SMILES string of the molecule is CC(NC(=O)c1cc(Nc2ccccn2)ncn1)c1ncc(C(=O)Nc2cc(C(F)(F)F)c(Cl)cn2)s1. The van der Waals surface area contributed by atoms with Crippen molar-refractivity contribution >= 4 is 52.2 Å². The van der Waals surface area contributed by atoms with Gasteiger partial charge in [-0.2, -0.15) is 13.2 Å². The third-order valence-electron chi connectivity index (χ3n) is 4.69. The number of carbonyl (C=O) groups is 2. The molecular formula is C22H16ClF3N8O2S. The largest absolute Gasteiger partial charge is 0.418 e. The summed E-state index contributed by atoms with van der Waals surface area (Å²) in [5, 5.41) is 7.78. The molecule has 0 spiro atoms. The van der Waals surface area contributed by atoms with Crippen molar-refractivity contribution in [1.82, 2.24) is 30.2 Å². The van der Waals surface area contributed by atoms with E-state index in [2.05, 4.69) is 40.9 Å². The van der Waals surface area contributed by atoms with Crippen LogP contribution in [-0.4, -0.2) is 36.7 Å². The minimum atomic E-state index is -4.70. The number of hydrogen-bond acceptors (Lipinski definition) is 9. The van der Waals surface area contributed by atoms with Crippen molar-refractivity contribution in [3.05, 3.63) is 81.4 Å². The first kappa shape index (κ1) is 25.9. The summed E-state index contributed by atoms with van der Waals surface area (Å²) < 4.78 is 39.1. The molecule has 0 aromatic carbocycles. The number of thiazole rings is 1. The first-order valence-electron chi connectivity index (χ1n) is 10.4. The standard InChI is InChI=1S/C22H16ClF3N8O2S/c1-11(32-19(35)14-7-18(31-10-30-14)33-16-4-2-3-5-27-16)21-29-9-15(37-21)20(36)34-17-6-12(22(24,25)26)13(23)8-28-17/h2-11H,1H3,(H,32,35)(H,28,34,36)(H,27,30,31,33). The number of anilines is 3. The van der Waals surface area contributed by atoms with E-state index in [1.807, 2.05) is 0 Å². The Labute approximate surface area is 216 Å². The van der Waals surface area contributed by atoms with Crippen molar-refractivity contribution in [3.63, 3.8) is 0 Å². The number of alkyl halides is 3. The maximum absolute atomic E-state index is 13.0. The van der Waals surface area contributed by atoms with Gasteiger partial charge in [-0.05, 0) is 25.1 Å². The van der Waals surface area contributed by atoms with E-state index in [4.69, 9.17) is 11.6 Å². The van der Waals surface area contributed by atoms with E-state index in [-0.39, 0.29) is 16.4 Å². The van der Waals surface area contributed by atoms with Gasteiger partial charge in [0.05, 0.1) is 22.8 Å². The lowest BCUT2D eigenvalue weighted by Crippen LogP contribution is -2.27. The molecule has 0 saturated heterocycles. The van der Waals surface area contributed by atoms with Crippen molar-refractivity contribution in [1.29, 1.82) is 0 Å². The molecule has 1 unspecified atom stereocenters. The van der Waals surface area contributed by atoms with Gasteiger partial charge in [-0.1, -0.05) is 17.7 Å². The van der Waals surface area contributed by atoms with Crippen LogP contribution in [0.5, 0.6) is 0 Å². The number of nitrogens with zero attached hydrogens (tertiary/aromatic N) is 5. The van der Waals surface area contributed by atoms with Crippen LogP contribution >= 0.6 is 22.9 Å². The average Bonchev–Trinajstić information content (AvgIpc) is 3.36. The van der Waals surface area contributed by atoms with Crippen molar-refractivity contribution in [2.45, 2.75) is 19.1 Å². The van der Waals surface area contributed by atoms with E-state index in [0.29, 0.717) is 22.7 Å². The van der Waals surface area contributed by atoms with Gasteiger partial charge in [-0.3, -0.25) is 9.59 Å². The zero-order chi connectivity index (χ0) is 26.6. The van der Waals surface area contributed by atoms with Crippen LogP contribution in [0, 0.1) is 0 Å². The van der Waals surface area contributed by atoms with Crippen molar-refractivity contribution in [2.75, 3.05) is 10.6 Å². The van der Waals surface area contributed by atoms with Crippen LogP contribution in [-0.2, 0) is 6.18 Å². The van der Waals surface area contributed by atoms with E-state index in [1.54, 1.807) is 31.3 Å². The molecule has 190 valence electrons. The van der Waals surface area contributed by atoms with Gasteiger partial charge in [-0.15, -0.1) is 11.3 Å². The Bertz CT molecular complexity index is 1430. The fourth-order valence-corrected chi connectivity index (χ4v) is 3.97. The highest BCUT2D eigenvalue weighted by atomic mass is 35.5. The molecule has 0 bridgehead atoms. The quantitative estimate of drug-likeness (QED) is 0.297. The van der Waals surface area contributed by atoms with Gasteiger partial charge in [0.2, 0.25) is 0 Å². The molecule has 0 fully saturated rings. The Morgan fingerprint density at radius 2 is 1.78 bits per heavy atom. The molecule has 1 atom stereocenters. The van der Waals surface area contributed by atoms with E-state index in [0.717, 1.165) is 17.5 Å². The molecule has 0 aliphatic heterocycles. The summed E-state index contributed by atoms with van der Waals surface area (Å²) in [6, 6.07) is 6.78. The van der Waals surface area contributed by atoms with E-state index < -0.39 is 34.6 Å². The maximum atomic E-state index is 13.0. The smallest absolute Gasteiger partial charge is 0.342 e. The molecule has 0 aliphatic rings. The predicted molar refractivity (Wildman–Crippen MR) is 130 cm³/mol. The molecule has 10 nitrogen and oxygen atoms in total. The van der Waals surface area contributed by atoms with Gasteiger partial charge in [0, 0.05) is 18.5 Å². The average molecular weight is 549 g/mol. The van der Waals surface area contributed by atoms with Crippen LogP contribution < -0.4 is 16.0 Å². The molecule has 4 aromatic heterocycles. The molecule has 0 saturated carbocycles. The van der Waals surface area contributed by atoms with Gasteiger partial charge in [0.25, 0.3) is 11.8 Å². The minimum absolute atomic E-state index is 0.0871. The number of pyridine rings is 2. The number of hydrogen-bond donors (Lipinski definition) is 3. The number of aromatic nitrogens is 5. The third kappa shape index (κ3) is 6.54. The summed E-state index contributed by atoms with van der Waals surface area (Å²) in [7, 11) is 0. The first-order valence-corrected chi connectivity index (χ1v) is 11.6. The fourth-order valence-electron chi connectivity index (χ4n) is 2.95. The second kappa shape index (κ2) is 10.8. The van der Waals surface area contributed by atoms with Crippen LogP contribution in [0.4, 0.5) is 30.6 Å². The Balaban J connectivity index is 1.40. The first-order chi connectivity index (χ1) is 17.6. The van der Waals surface area contributed by atoms with Gasteiger partial charge in [0.1, 0.15) is 39.4 Å². The van der Waals surface area contributed by atoms with Crippen molar-refractivity contribution < 1.29 is 22.8 Å². The molecule has 0 aliphatic carbocycles. The van der Waals surface area contributed by atoms with E-state index >= 15 is 0 Å². The van der Waals surface area contributed by atoms with Crippen molar-refractivity contribution in [2.24, 2.45) is 0 Å². The highest BCUT2D eigenvalue weighted by molar-refractivity contribution is 7.13. The predicted octanol–water partition coefficient (Wildman–Crippen LogP) is 4.88. The fraction of sp³-hybridized carbons (Fsp3) is 0.136. The lowest BCUT2D eigenvalue weighted by atomic mass is 10.2. The Morgan fingerprint density at radius 1 is 0.973 bits per heavy atom. The Morgan fingerprint density at radius 3 is 2.51 bits per heavy atom. The van der Waals surface area contributed by atoms with Crippen LogP contribution in [0.15, 0.2) is 55.2 Å². The van der Waals surface area contributed by atoms with Crippen LogP contribution in [0.2, 0.25) is 5.02 Å². The number of rotatable bonds is 7. The maximum Gasteiger partial charge on any atom is 0.418 e. The monoisotopic (exact) mass is 548 g/mol. The molecule has 3 N–H and O–H groups in total. The van der Waals surface area contributed by atoms with Crippen LogP contribution in [0.25, 0.3) is 0 Å². The number of nitrogens with one attached hydrogen (secondary N) is 3. The second-order valence-corrected chi connectivity index (χ2v) is 8.86. The van der Waals surface area contributed by atoms with E-state index in [1.165, 1.54) is 18.6 Å². The molecule has 2 amide bonds. The number of halogens is 4. The van der Waals surface area contributed by atoms with Crippen molar-refractivity contribution in [3.8, 4) is 0 Å². The van der Waals surface area contributed by atoms with Gasteiger partial charge in [-0.25, -0.2) is 24.9 Å². The normalized spacial score (nSPS) is 12.0. The van der Waals surface area contributed by atoms with E-state index in [9.17, 15) is 22.8 Å². The summed E-state index contributed by atoms with van der Waals surface area (Å²) in [5.41, 5.74) is -1.03. The molecule has 4 aromatic rings. The molecule has 0 radical (unpaired) electrons. The minimum Gasteiger partial charge on any atom is -0.342 e. The topological polar surface area (TPSA) is 135 Å². The highest BCUT2D eigenvalue weighted by Crippen LogP contribution is 2.35. The number of carbonyl (C=O) groups excluding carboxylic acids is 2. The van der Waals surface area contributed by atoms with Crippen LogP contribution in [0.1, 0.15) is 43.7 Å². The van der Waals surface area contributed by atoms with Crippen LogP contribution in [0.3, 0.4) is 0 Å². The lowest BCUT2D eigenvalue weighted by Gasteiger charge is -2.11. The zero-order valence-corrected chi connectivity index (χ0v) is 20.3. The summed E-state index contributed by atoms with van der Waals surface area (Å²) in [6.07, 6.45) is 0.181. The molecule has 37 heavy (non-hydrogen) atoms. The summed E-state index contributed by atoms with van der Waals surface area (Å²) in [6.45, 7) is 1.66. The zero-order valence-electron chi connectivity index (χ0n) is 18.7. The lowest BCUT2D eigenvalue weighted by molar-refractivity contribution is -0.137. The Hall–Kier alpha value is -4.17. The number of amides is 2. The molecule has 15 heteroatoms. The van der Waals surface area contributed by atoms with Gasteiger partial charge in [0.15, 0.2) is 0 Å². The third-order valence-corrected chi connectivity index (χ3v) is 6.17. The molecule has 4 heterocycles. The highest BCUT2D eigenvalue weighted by Gasteiger charge is 2.34. The summed E-state index contributed by atoms with van der Waals surface area (Å²) in [4.78, 5) is 45.3. The van der Waals surface area contributed by atoms with Gasteiger partial charge >= 0.3 is 6.18 Å². The van der Waals surface area contributed by atoms with Gasteiger partial charge < -0.3 is 16.0 Å². The second-order valence-electron chi connectivity index (χ2n) is 7.39. The Kier molecular flexibility index (Phi) is 7.59.